The van der Waals surface area contributed by atoms with Gasteiger partial charge >= 0.3 is 5.97 Å². The highest BCUT2D eigenvalue weighted by atomic mass is 16.4. The number of hydrogen-bond donors (Lipinski definition) is 9. The van der Waals surface area contributed by atoms with E-state index < -0.39 is 65.7 Å². The predicted molar refractivity (Wildman–Crippen MR) is 162 cm³/mol. The molecule has 2 heterocycles. The number of aliphatic carboxylic acids is 1. The third-order valence-corrected chi connectivity index (χ3v) is 7.34. The number of guanidine groups is 1. The third kappa shape index (κ3) is 11.1. The summed E-state index contributed by atoms with van der Waals surface area (Å²) in [6.07, 6.45) is 5.00. The van der Waals surface area contributed by atoms with Gasteiger partial charge in [0.15, 0.2) is 5.96 Å². The number of carbonyl (C=O) groups excluding carboxylic acids is 4. The first-order valence-corrected chi connectivity index (χ1v) is 15.0. The third-order valence-electron chi connectivity index (χ3n) is 7.34. The van der Waals surface area contributed by atoms with Gasteiger partial charge in [-0.25, -0.2) is 9.78 Å². The molecule has 1 aliphatic rings. The topological polar surface area (TPSA) is 262 Å². The first-order chi connectivity index (χ1) is 20.7. The van der Waals surface area contributed by atoms with E-state index in [0.29, 0.717) is 44.3 Å². The zero-order valence-corrected chi connectivity index (χ0v) is 25.9. The van der Waals surface area contributed by atoms with E-state index in [1.807, 2.05) is 13.8 Å². The fourth-order valence-electron chi connectivity index (χ4n) is 5.01. The van der Waals surface area contributed by atoms with Gasteiger partial charge in [-0.05, 0) is 43.9 Å². The zero-order chi connectivity index (χ0) is 33.0. The van der Waals surface area contributed by atoms with Crippen LogP contribution in [0.15, 0.2) is 12.5 Å². The van der Waals surface area contributed by atoms with Gasteiger partial charge in [0.25, 0.3) is 0 Å². The first-order valence-electron chi connectivity index (χ1n) is 15.0. The van der Waals surface area contributed by atoms with Crippen molar-refractivity contribution in [2.45, 2.75) is 96.4 Å². The van der Waals surface area contributed by atoms with Gasteiger partial charge in [-0.15, -0.1) is 0 Å². The lowest BCUT2D eigenvalue weighted by atomic mass is 10.0. The molecule has 0 unspecified atom stereocenters. The van der Waals surface area contributed by atoms with Crippen LogP contribution in [-0.2, 0) is 30.4 Å². The van der Waals surface area contributed by atoms with Crippen LogP contribution in [0.25, 0.3) is 0 Å². The minimum Gasteiger partial charge on any atom is -0.480 e. The quantitative estimate of drug-likeness (QED) is 0.0569. The van der Waals surface area contributed by atoms with Crippen molar-refractivity contribution in [3.05, 3.63) is 18.2 Å². The number of nitrogens with zero attached hydrogens (tertiary/aromatic N) is 2. The van der Waals surface area contributed by atoms with Crippen molar-refractivity contribution in [2.24, 2.45) is 23.3 Å². The molecule has 1 saturated heterocycles. The maximum atomic E-state index is 13.7. The molecule has 16 nitrogen and oxygen atoms in total. The zero-order valence-electron chi connectivity index (χ0n) is 25.9. The van der Waals surface area contributed by atoms with Crippen molar-refractivity contribution >= 4 is 35.6 Å². The standard InChI is InChI=1S/C28H48N10O6/c1-15(2)11-20(36-23(39)18(29)7-5-9-33-28(30)31)26(42)38-10-6-8-21(38)25(41)35-19(12-17-13-32-14-34-17)24(40)37-22(16(3)4)27(43)44/h13-16,18-22H,5-12,29H2,1-4H3,(H,32,34)(H,35,41)(H,36,39)(H,37,40)(H,43,44)(H4,30,31,33)/t18-,19-,20-,21-,22-/m0/s1. The minimum absolute atomic E-state index is 0.00195. The average Bonchev–Trinajstić information content (AvgIpc) is 3.64. The normalized spacial score (nSPS) is 17.4. The number of carbonyl (C=O) groups is 5. The Kier molecular flexibility index (Phi) is 14.0. The van der Waals surface area contributed by atoms with Crippen LogP contribution in [0.3, 0.4) is 0 Å². The molecule has 0 aromatic carbocycles. The largest absolute Gasteiger partial charge is 0.480 e. The van der Waals surface area contributed by atoms with Crippen LogP contribution >= 0.6 is 0 Å². The Hall–Kier alpha value is -4.21. The molecule has 11 N–H and O–H groups in total. The van der Waals surface area contributed by atoms with Crippen LogP contribution in [0, 0.1) is 17.2 Å². The molecule has 16 heteroatoms. The van der Waals surface area contributed by atoms with Gasteiger partial charge in [0.05, 0.1) is 18.1 Å². The molecule has 1 aromatic rings. The molecule has 44 heavy (non-hydrogen) atoms. The van der Waals surface area contributed by atoms with Crippen molar-refractivity contribution in [2.75, 3.05) is 13.1 Å². The second-order valence-electron chi connectivity index (χ2n) is 11.9. The van der Waals surface area contributed by atoms with Crippen LogP contribution in [0.2, 0.25) is 0 Å². The van der Waals surface area contributed by atoms with Gasteiger partial charge in [0.2, 0.25) is 23.6 Å². The van der Waals surface area contributed by atoms with Crippen LogP contribution in [0.1, 0.15) is 65.5 Å². The number of carboxylic acid groups (broad SMARTS) is 1. The second kappa shape index (κ2) is 17.2. The number of imidazole rings is 1. The number of aromatic amines is 1. The Morgan fingerprint density at radius 2 is 1.82 bits per heavy atom. The van der Waals surface area contributed by atoms with E-state index in [-0.39, 0.29) is 24.8 Å². The molecular weight excluding hydrogens is 572 g/mol. The van der Waals surface area contributed by atoms with Gasteiger partial charge in [-0.1, -0.05) is 27.7 Å². The van der Waals surface area contributed by atoms with Crippen molar-refractivity contribution in [3.8, 4) is 0 Å². The van der Waals surface area contributed by atoms with Crippen molar-refractivity contribution in [3.63, 3.8) is 0 Å². The summed E-state index contributed by atoms with van der Waals surface area (Å²) >= 11 is 0. The van der Waals surface area contributed by atoms with Crippen molar-refractivity contribution in [1.29, 1.82) is 5.41 Å². The molecule has 0 bridgehead atoms. The number of hydrogen-bond acceptors (Lipinski definition) is 8. The molecular formula is C28H48N10O6. The Morgan fingerprint density at radius 1 is 1.11 bits per heavy atom. The summed E-state index contributed by atoms with van der Waals surface area (Å²) in [5.74, 6) is -3.91. The molecule has 1 aliphatic heterocycles. The average molecular weight is 621 g/mol. The SMILES string of the molecule is CC(C)C[C@H](NC(=O)[C@@H](N)CCCNC(=N)N)C(=O)N1CCC[C@H]1C(=O)N[C@@H](Cc1c[nH]cn1)C(=O)N[C@H](C(=O)O)C(C)C. The van der Waals surface area contributed by atoms with E-state index >= 15 is 0 Å². The highest BCUT2D eigenvalue weighted by Crippen LogP contribution is 2.21. The molecule has 4 amide bonds. The lowest BCUT2D eigenvalue weighted by molar-refractivity contribution is -0.144. The van der Waals surface area contributed by atoms with Crippen LogP contribution in [-0.4, -0.2) is 98.8 Å². The fraction of sp³-hybridized carbons (Fsp3) is 0.679. The number of nitrogens with one attached hydrogen (secondary N) is 6. The second-order valence-corrected chi connectivity index (χ2v) is 11.9. The first kappa shape index (κ1) is 36.0. The van der Waals surface area contributed by atoms with E-state index in [9.17, 15) is 29.1 Å². The molecule has 0 saturated carbocycles. The summed E-state index contributed by atoms with van der Waals surface area (Å²) in [7, 11) is 0. The van der Waals surface area contributed by atoms with E-state index in [0.717, 1.165) is 0 Å². The predicted octanol–water partition coefficient (Wildman–Crippen LogP) is -1.23. The molecule has 1 aromatic heterocycles. The molecule has 5 atom stereocenters. The minimum atomic E-state index is -1.20. The highest BCUT2D eigenvalue weighted by Gasteiger charge is 2.40. The van der Waals surface area contributed by atoms with Crippen LogP contribution in [0.4, 0.5) is 0 Å². The van der Waals surface area contributed by atoms with E-state index in [1.165, 1.54) is 11.2 Å². The summed E-state index contributed by atoms with van der Waals surface area (Å²) < 4.78 is 0. The molecule has 246 valence electrons. The van der Waals surface area contributed by atoms with E-state index in [1.54, 1.807) is 20.0 Å². The Balaban J connectivity index is 2.16. The smallest absolute Gasteiger partial charge is 0.326 e. The van der Waals surface area contributed by atoms with Crippen molar-refractivity contribution < 1.29 is 29.1 Å². The molecule has 0 aliphatic carbocycles. The van der Waals surface area contributed by atoms with Crippen LogP contribution < -0.4 is 32.7 Å². The maximum Gasteiger partial charge on any atom is 0.326 e. The Bertz CT molecular complexity index is 1140. The summed E-state index contributed by atoms with van der Waals surface area (Å²) in [6.45, 7) is 7.81. The van der Waals surface area contributed by atoms with Gasteiger partial charge in [0, 0.05) is 25.7 Å². The van der Waals surface area contributed by atoms with E-state index in [2.05, 4.69) is 31.2 Å². The van der Waals surface area contributed by atoms with Gasteiger partial charge < -0.3 is 47.7 Å². The van der Waals surface area contributed by atoms with Gasteiger partial charge in [-0.3, -0.25) is 24.6 Å². The number of rotatable bonds is 17. The summed E-state index contributed by atoms with van der Waals surface area (Å²) in [4.78, 5) is 73.4. The molecule has 0 spiro atoms. The fourth-order valence-corrected chi connectivity index (χ4v) is 5.01. The number of aromatic nitrogens is 2. The van der Waals surface area contributed by atoms with Gasteiger partial charge in [-0.2, -0.15) is 0 Å². The lowest BCUT2D eigenvalue weighted by Crippen LogP contribution is -2.59. The van der Waals surface area contributed by atoms with E-state index in [4.69, 9.17) is 16.9 Å². The number of nitrogens with two attached hydrogens (primary N) is 2. The molecule has 2 rings (SSSR count). The monoisotopic (exact) mass is 620 g/mol. The Labute approximate surface area is 257 Å². The summed E-state index contributed by atoms with van der Waals surface area (Å²) in [5, 5.41) is 27.4. The highest BCUT2D eigenvalue weighted by molar-refractivity contribution is 5.96. The summed E-state index contributed by atoms with van der Waals surface area (Å²) in [5.41, 5.74) is 11.8. The number of amides is 4. The van der Waals surface area contributed by atoms with Crippen LogP contribution in [0.5, 0.6) is 0 Å². The number of H-pyrrole nitrogens is 1. The number of carboxylic acids is 1. The van der Waals surface area contributed by atoms with Crippen molar-refractivity contribution in [1.82, 2.24) is 36.1 Å². The number of likely N-dealkylation sites (tertiary alicyclic amines) is 1. The molecule has 1 fully saturated rings. The lowest BCUT2D eigenvalue weighted by Gasteiger charge is -2.31. The summed E-state index contributed by atoms with van der Waals surface area (Å²) in [6, 6.07) is -5.00. The maximum absolute atomic E-state index is 13.7. The van der Waals surface area contributed by atoms with Gasteiger partial charge in [0.1, 0.15) is 24.2 Å². The Morgan fingerprint density at radius 3 is 2.39 bits per heavy atom. The molecule has 0 radical (unpaired) electrons.